The summed E-state index contributed by atoms with van der Waals surface area (Å²) in [5.41, 5.74) is 2.21. The zero-order valence-corrected chi connectivity index (χ0v) is 15.6. The maximum atomic E-state index is 12.3. The van der Waals surface area contributed by atoms with Crippen LogP contribution in [0.15, 0.2) is 28.8 Å². The third-order valence-corrected chi connectivity index (χ3v) is 4.63. The Balaban J connectivity index is 1.60. The summed E-state index contributed by atoms with van der Waals surface area (Å²) < 4.78 is 5.50. The quantitative estimate of drug-likeness (QED) is 0.840. The topological polar surface area (TPSA) is 59.2 Å². The van der Waals surface area contributed by atoms with E-state index in [1.165, 1.54) is 5.56 Å². The number of aryl methyl sites for hydroxylation is 1. The lowest BCUT2D eigenvalue weighted by Crippen LogP contribution is -2.39. The van der Waals surface area contributed by atoms with Crippen molar-refractivity contribution in [3.63, 3.8) is 0 Å². The summed E-state index contributed by atoms with van der Waals surface area (Å²) in [6.45, 7) is 9.89. The lowest BCUT2D eigenvalue weighted by Gasteiger charge is -2.32. The van der Waals surface area contributed by atoms with Crippen LogP contribution in [0.4, 0.5) is 0 Å². The van der Waals surface area contributed by atoms with Gasteiger partial charge in [0, 0.05) is 31.0 Å². The maximum Gasteiger partial charge on any atom is 0.230 e. The second-order valence-electron chi connectivity index (χ2n) is 8.21. The minimum atomic E-state index is 0.0311. The van der Waals surface area contributed by atoms with E-state index in [-0.39, 0.29) is 17.2 Å². The number of aromatic nitrogens is 2. The number of carbonyl (C=O) groups is 1. The van der Waals surface area contributed by atoms with Gasteiger partial charge in [-0.15, -0.1) is 0 Å². The van der Waals surface area contributed by atoms with E-state index in [2.05, 4.69) is 37.8 Å². The van der Waals surface area contributed by atoms with Crippen LogP contribution in [-0.2, 0) is 4.79 Å². The second-order valence-corrected chi connectivity index (χ2v) is 8.21. The van der Waals surface area contributed by atoms with Gasteiger partial charge in [0.05, 0.1) is 0 Å². The van der Waals surface area contributed by atoms with Gasteiger partial charge in [-0.05, 0) is 25.2 Å². The van der Waals surface area contributed by atoms with Gasteiger partial charge in [0.15, 0.2) is 0 Å². The molecule has 1 aliphatic rings. The lowest BCUT2D eigenvalue weighted by atomic mass is 9.90. The zero-order chi connectivity index (χ0) is 18.0. The highest BCUT2D eigenvalue weighted by Crippen LogP contribution is 2.30. The van der Waals surface area contributed by atoms with Crippen LogP contribution in [0.3, 0.4) is 0 Å². The van der Waals surface area contributed by atoms with Crippen LogP contribution in [0.1, 0.15) is 57.4 Å². The average molecular weight is 341 g/mol. The van der Waals surface area contributed by atoms with Crippen LogP contribution in [0.25, 0.3) is 11.4 Å². The monoisotopic (exact) mass is 341 g/mol. The Hall–Kier alpha value is -2.17. The molecule has 0 unspecified atom stereocenters. The Morgan fingerprint density at radius 3 is 2.44 bits per heavy atom. The number of rotatable bonds is 3. The SMILES string of the molecule is Cc1ccc(-c2noc(C3CCN(C(=O)CC(C)(C)C)CC3)n2)cc1. The van der Waals surface area contributed by atoms with E-state index in [9.17, 15) is 4.79 Å². The molecular weight excluding hydrogens is 314 g/mol. The van der Waals surface area contributed by atoms with Crippen molar-refractivity contribution >= 4 is 5.91 Å². The minimum Gasteiger partial charge on any atom is -0.343 e. The van der Waals surface area contributed by atoms with Crippen molar-refractivity contribution in [3.8, 4) is 11.4 Å². The van der Waals surface area contributed by atoms with Gasteiger partial charge in [-0.25, -0.2) is 0 Å². The largest absolute Gasteiger partial charge is 0.343 e. The molecule has 0 spiro atoms. The molecule has 2 aromatic rings. The van der Waals surface area contributed by atoms with Crippen LogP contribution < -0.4 is 0 Å². The van der Waals surface area contributed by atoms with Crippen molar-refractivity contribution in [1.82, 2.24) is 15.0 Å². The normalized spacial score (nSPS) is 16.2. The second kappa shape index (κ2) is 6.98. The van der Waals surface area contributed by atoms with Gasteiger partial charge in [-0.3, -0.25) is 4.79 Å². The standard InChI is InChI=1S/C20H27N3O2/c1-14-5-7-15(8-6-14)18-21-19(25-22-18)16-9-11-23(12-10-16)17(24)13-20(2,3)4/h5-8,16H,9-13H2,1-4H3. The van der Waals surface area contributed by atoms with E-state index in [1.54, 1.807) is 0 Å². The van der Waals surface area contributed by atoms with Gasteiger partial charge in [-0.1, -0.05) is 55.8 Å². The first-order valence-corrected chi connectivity index (χ1v) is 9.00. The van der Waals surface area contributed by atoms with Crippen molar-refractivity contribution < 1.29 is 9.32 Å². The van der Waals surface area contributed by atoms with E-state index in [0.717, 1.165) is 31.5 Å². The Kier molecular flexibility index (Phi) is 4.93. The number of amides is 1. The predicted molar refractivity (Wildman–Crippen MR) is 97.1 cm³/mol. The molecule has 1 fully saturated rings. The molecule has 1 amide bonds. The van der Waals surface area contributed by atoms with Gasteiger partial charge >= 0.3 is 0 Å². The molecule has 5 nitrogen and oxygen atoms in total. The first-order chi connectivity index (χ1) is 11.8. The Labute approximate surface area is 149 Å². The molecular formula is C20H27N3O2. The summed E-state index contributed by atoms with van der Waals surface area (Å²) in [7, 11) is 0. The van der Waals surface area contributed by atoms with Crippen LogP contribution in [0, 0.1) is 12.3 Å². The summed E-state index contributed by atoms with van der Waals surface area (Å²) >= 11 is 0. The van der Waals surface area contributed by atoms with Gasteiger partial charge in [0.1, 0.15) is 0 Å². The molecule has 1 aromatic carbocycles. The van der Waals surface area contributed by atoms with Gasteiger partial charge in [-0.2, -0.15) is 4.98 Å². The summed E-state index contributed by atoms with van der Waals surface area (Å²) in [5, 5.41) is 4.13. The highest BCUT2D eigenvalue weighted by Gasteiger charge is 2.29. The third-order valence-electron chi connectivity index (χ3n) is 4.63. The van der Waals surface area contributed by atoms with Gasteiger partial charge < -0.3 is 9.42 Å². The molecule has 3 rings (SSSR count). The molecule has 0 saturated carbocycles. The van der Waals surface area contributed by atoms with Crippen molar-refractivity contribution in [1.29, 1.82) is 0 Å². The Morgan fingerprint density at radius 2 is 1.84 bits per heavy atom. The smallest absolute Gasteiger partial charge is 0.230 e. The fourth-order valence-corrected chi connectivity index (χ4v) is 3.16. The summed E-state index contributed by atoms with van der Waals surface area (Å²) in [6.07, 6.45) is 2.35. The Morgan fingerprint density at radius 1 is 1.20 bits per heavy atom. The molecule has 5 heteroatoms. The predicted octanol–water partition coefficient (Wildman–Crippen LogP) is 4.19. The molecule has 0 radical (unpaired) electrons. The number of hydrogen-bond acceptors (Lipinski definition) is 4. The van der Waals surface area contributed by atoms with E-state index >= 15 is 0 Å². The van der Waals surface area contributed by atoms with E-state index in [1.807, 2.05) is 29.2 Å². The summed E-state index contributed by atoms with van der Waals surface area (Å²) in [6, 6.07) is 8.12. The number of benzene rings is 1. The molecule has 25 heavy (non-hydrogen) atoms. The highest BCUT2D eigenvalue weighted by atomic mass is 16.5. The highest BCUT2D eigenvalue weighted by molar-refractivity contribution is 5.76. The van der Waals surface area contributed by atoms with E-state index in [4.69, 9.17) is 4.52 Å². The van der Waals surface area contributed by atoms with Crippen LogP contribution >= 0.6 is 0 Å². The fraction of sp³-hybridized carbons (Fsp3) is 0.550. The molecule has 1 saturated heterocycles. The minimum absolute atomic E-state index is 0.0311. The summed E-state index contributed by atoms with van der Waals surface area (Å²) in [4.78, 5) is 18.9. The van der Waals surface area contributed by atoms with Crippen LogP contribution in [-0.4, -0.2) is 34.0 Å². The molecule has 1 aromatic heterocycles. The van der Waals surface area contributed by atoms with E-state index < -0.39 is 0 Å². The number of carbonyl (C=O) groups excluding carboxylic acids is 1. The average Bonchev–Trinajstić information content (AvgIpc) is 3.04. The molecule has 0 aliphatic carbocycles. The number of piperidine rings is 1. The molecule has 0 bridgehead atoms. The number of hydrogen-bond donors (Lipinski definition) is 0. The molecule has 1 aliphatic heterocycles. The van der Waals surface area contributed by atoms with Gasteiger partial charge in [0.2, 0.25) is 17.6 Å². The third kappa shape index (κ3) is 4.47. The molecule has 0 N–H and O–H groups in total. The van der Waals surface area contributed by atoms with Crippen molar-refractivity contribution in [2.75, 3.05) is 13.1 Å². The lowest BCUT2D eigenvalue weighted by molar-refractivity contribution is -0.134. The maximum absolute atomic E-state index is 12.3. The fourth-order valence-electron chi connectivity index (χ4n) is 3.16. The Bertz CT molecular complexity index is 720. The first-order valence-electron chi connectivity index (χ1n) is 9.00. The van der Waals surface area contributed by atoms with Crippen molar-refractivity contribution in [2.45, 2.75) is 52.9 Å². The van der Waals surface area contributed by atoms with Crippen LogP contribution in [0.2, 0.25) is 0 Å². The molecule has 2 heterocycles. The van der Waals surface area contributed by atoms with E-state index in [0.29, 0.717) is 18.1 Å². The molecule has 0 atom stereocenters. The molecule has 134 valence electrons. The number of likely N-dealkylation sites (tertiary alicyclic amines) is 1. The van der Waals surface area contributed by atoms with Crippen LogP contribution in [0.5, 0.6) is 0 Å². The van der Waals surface area contributed by atoms with Crippen molar-refractivity contribution in [2.24, 2.45) is 5.41 Å². The van der Waals surface area contributed by atoms with Crippen molar-refractivity contribution in [3.05, 3.63) is 35.7 Å². The van der Waals surface area contributed by atoms with Gasteiger partial charge in [0.25, 0.3) is 0 Å². The summed E-state index contributed by atoms with van der Waals surface area (Å²) in [5.74, 6) is 1.82. The first kappa shape index (κ1) is 17.6. The zero-order valence-electron chi connectivity index (χ0n) is 15.6. The number of nitrogens with zero attached hydrogens (tertiary/aromatic N) is 3.